The van der Waals surface area contributed by atoms with Crippen molar-refractivity contribution >= 4 is 16.8 Å². The maximum absolute atomic E-state index is 13.4. The number of H-pyrrole nitrogens is 1. The predicted molar refractivity (Wildman–Crippen MR) is 148 cm³/mol. The van der Waals surface area contributed by atoms with Gasteiger partial charge in [-0.3, -0.25) is 9.69 Å². The average molecular weight is 528 g/mol. The van der Waals surface area contributed by atoms with Crippen molar-refractivity contribution in [3.63, 3.8) is 0 Å². The lowest BCUT2D eigenvalue weighted by Crippen LogP contribution is -2.67. The molecule has 6 atom stereocenters. The third-order valence-corrected chi connectivity index (χ3v) is 10.5. The van der Waals surface area contributed by atoms with Gasteiger partial charge in [0.25, 0.3) is 0 Å². The third-order valence-electron chi connectivity index (χ3n) is 10.5. The number of likely N-dealkylation sites (tertiary alicyclic amines) is 1. The Kier molecular flexibility index (Phi) is 5.34. The summed E-state index contributed by atoms with van der Waals surface area (Å²) in [4.78, 5) is 19.3. The van der Waals surface area contributed by atoms with Gasteiger partial charge in [-0.05, 0) is 80.7 Å². The molecule has 2 bridgehead atoms. The van der Waals surface area contributed by atoms with Crippen LogP contribution >= 0.6 is 0 Å². The molecule has 5 aliphatic rings. The number of para-hydroxylation sites is 1. The number of phenolic OH excluding ortho intramolecular Hbond substituents is 1. The highest BCUT2D eigenvalue weighted by Gasteiger charge is 2.66. The number of aliphatic hydroxyl groups excluding tert-OH is 1. The van der Waals surface area contributed by atoms with Crippen LogP contribution in [-0.4, -0.2) is 63.4 Å². The first kappa shape index (κ1) is 23.8. The fraction of sp³-hybridized carbons (Fsp3) is 0.531. The molecule has 2 aromatic carbocycles. The van der Waals surface area contributed by atoms with E-state index in [2.05, 4.69) is 33.4 Å². The highest BCUT2D eigenvalue weighted by Crippen LogP contribution is 2.63. The molecule has 4 N–H and O–H groups in total. The van der Waals surface area contributed by atoms with Crippen LogP contribution in [0.1, 0.15) is 55.2 Å². The van der Waals surface area contributed by atoms with Crippen LogP contribution in [0.5, 0.6) is 11.5 Å². The molecule has 2 aliphatic heterocycles. The van der Waals surface area contributed by atoms with Crippen molar-refractivity contribution in [3.8, 4) is 11.5 Å². The second-order valence-electron chi connectivity index (χ2n) is 12.7. The number of hydrogen-bond acceptors (Lipinski definition) is 5. The Balaban J connectivity index is 1.10. The number of aromatic nitrogens is 1. The zero-order valence-electron chi connectivity index (χ0n) is 22.2. The molecule has 8 rings (SSSR count). The van der Waals surface area contributed by atoms with Crippen molar-refractivity contribution in [2.24, 2.45) is 11.8 Å². The highest BCUT2D eigenvalue weighted by molar-refractivity contribution is 5.84. The number of aliphatic hydroxyl groups is 1. The van der Waals surface area contributed by atoms with Crippen LogP contribution in [0.25, 0.3) is 10.9 Å². The van der Waals surface area contributed by atoms with E-state index in [1.54, 1.807) is 6.07 Å². The second kappa shape index (κ2) is 8.73. The zero-order valence-corrected chi connectivity index (χ0v) is 22.2. The van der Waals surface area contributed by atoms with Crippen LogP contribution in [-0.2, 0) is 23.1 Å². The summed E-state index contributed by atoms with van der Waals surface area (Å²) in [6, 6.07) is 12.1. The van der Waals surface area contributed by atoms with Gasteiger partial charge in [0.05, 0.1) is 12.1 Å². The van der Waals surface area contributed by atoms with Gasteiger partial charge in [-0.15, -0.1) is 0 Å². The van der Waals surface area contributed by atoms with Crippen LogP contribution in [0.4, 0.5) is 0 Å². The van der Waals surface area contributed by atoms with Gasteiger partial charge in [0.15, 0.2) is 11.5 Å². The van der Waals surface area contributed by atoms with E-state index in [-0.39, 0.29) is 35.8 Å². The largest absolute Gasteiger partial charge is 0.504 e. The maximum Gasteiger partial charge on any atom is 0.220 e. The van der Waals surface area contributed by atoms with Crippen LogP contribution < -0.4 is 10.1 Å². The number of nitrogens with zero attached hydrogens (tertiary/aromatic N) is 1. The number of phenols is 1. The van der Waals surface area contributed by atoms with Crippen LogP contribution in [0.2, 0.25) is 0 Å². The minimum Gasteiger partial charge on any atom is -0.504 e. The molecule has 2 saturated carbocycles. The molecule has 3 fully saturated rings. The maximum atomic E-state index is 13.4. The summed E-state index contributed by atoms with van der Waals surface area (Å²) >= 11 is 0. The van der Waals surface area contributed by atoms with Crippen molar-refractivity contribution in [2.45, 2.75) is 81.1 Å². The Morgan fingerprint density at radius 1 is 1.15 bits per heavy atom. The van der Waals surface area contributed by atoms with Gasteiger partial charge in [0.1, 0.15) is 6.10 Å². The molecule has 1 spiro atoms. The molecule has 1 saturated heterocycles. The Morgan fingerprint density at radius 2 is 2.03 bits per heavy atom. The van der Waals surface area contributed by atoms with E-state index >= 15 is 0 Å². The summed E-state index contributed by atoms with van der Waals surface area (Å²) in [5.41, 5.74) is 4.19. The van der Waals surface area contributed by atoms with Crippen molar-refractivity contribution in [2.75, 3.05) is 13.1 Å². The molecule has 1 unspecified atom stereocenters. The fourth-order valence-electron chi connectivity index (χ4n) is 8.72. The first-order valence-electron chi connectivity index (χ1n) is 14.8. The summed E-state index contributed by atoms with van der Waals surface area (Å²) in [5, 5.41) is 27.1. The lowest BCUT2D eigenvalue weighted by atomic mass is 9.54. The van der Waals surface area contributed by atoms with Gasteiger partial charge < -0.3 is 25.3 Å². The minimum absolute atomic E-state index is 0.0113. The van der Waals surface area contributed by atoms with Gasteiger partial charge >= 0.3 is 0 Å². The molecule has 0 radical (unpaired) electrons. The Morgan fingerprint density at radius 3 is 2.90 bits per heavy atom. The first-order valence-corrected chi connectivity index (χ1v) is 14.8. The molecule has 204 valence electrons. The molecular formula is C32H37N3O4. The van der Waals surface area contributed by atoms with Gasteiger partial charge in [-0.2, -0.15) is 0 Å². The number of fused-ring (bicyclic) bond motifs is 1. The number of amides is 1. The summed E-state index contributed by atoms with van der Waals surface area (Å²) in [7, 11) is 0. The topological polar surface area (TPSA) is 97.8 Å². The smallest absolute Gasteiger partial charge is 0.220 e. The Labute approximate surface area is 228 Å². The quantitative estimate of drug-likeness (QED) is 0.391. The van der Waals surface area contributed by atoms with Crippen molar-refractivity contribution < 1.29 is 19.7 Å². The summed E-state index contributed by atoms with van der Waals surface area (Å²) in [6.07, 6.45) is 8.02. The van der Waals surface area contributed by atoms with Crippen LogP contribution in [0.3, 0.4) is 0 Å². The Bertz CT molecular complexity index is 1450. The molecule has 3 aromatic rings. The van der Waals surface area contributed by atoms with Crippen molar-refractivity contribution in [3.05, 3.63) is 59.3 Å². The lowest BCUT2D eigenvalue weighted by molar-refractivity contribution is -0.123. The number of carbonyl (C=O) groups excluding carboxylic acids is 1. The molecular weight excluding hydrogens is 490 g/mol. The number of aromatic hydroxyl groups is 1. The van der Waals surface area contributed by atoms with Crippen molar-refractivity contribution in [1.29, 1.82) is 0 Å². The van der Waals surface area contributed by atoms with Gasteiger partial charge in [-0.25, -0.2) is 0 Å². The first-order chi connectivity index (χ1) is 19.0. The predicted octanol–water partition coefficient (Wildman–Crippen LogP) is 3.80. The SMILES string of the molecule is O=C(CCc1c[nH]c2ccccc12)N[C@H]1CC[C@H](O)C2[C@H]3Cc4ccc(O)c5c4[C@@]2(CCN3CC2CC2)[C@H]1O5. The lowest BCUT2D eigenvalue weighted by Gasteiger charge is -2.57. The van der Waals surface area contributed by atoms with E-state index in [1.807, 2.05) is 18.3 Å². The molecule has 1 aromatic heterocycles. The van der Waals surface area contributed by atoms with Gasteiger partial charge in [0.2, 0.25) is 5.91 Å². The molecule has 7 heteroatoms. The molecule has 3 aliphatic carbocycles. The summed E-state index contributed by atoms with van der Waals surface area (Å²) in [6.45, 7) is 2.09. The highest BCUT2D eigenvalue weighted by atomic mass is 16.5. The number of benzene rings is 2. The molecule has 7 nitrogen and oxygen atoms in total. The third kappa shape index (κ3) is 3.59. The van der Waals surface area contributed by atoms with Crippen molar-refractivity contribution in [1.82, 2.24) is 15.2 Å². The van der Waals surface area contributed by atoms with Gasteiger partial charge in [0, 0.05) is 53.0 Å². The van der Waals surface area contributed by atoms with E-state index in [1.165, 1.54) is 18.4 Å². The van der Waals surface area contributed by atoms with E-state index in [9.17, 15) is 15.0 Å². The number of hydrogen-bond donors (Lipinski definition) is 4. The number of aryl methyl sites for hydroxylation is 1. The molecule has 1 amide bonds. The fourth-order valence-corrected chi connectivity index (χ4v) is 8.72. The van der Waals surface area contributed by atoms with Crippen LogP contribution in [0.15, 0.2) is 42.6 Å². The van der Waals surface area contributed by atoms with Gasteiger partial charge in [-0.1, -0.05) is 24.3 Å². The minimum atomic E-state index is -0.460. The number of carbonyl (C=O) groups is 1. The monoisotopic (exact) mass is 527 g/mol. The normalized spacial score (nSPS) is 32.9. The number of piperidine rings is 1. The number of ether oxygens (including phenoxy) is 1. The van der Waals surface area contributed by atoms with E-state index in [0.717, 1.165) is 53.9 Å². The van der Waals surface area contributed by atoms with E-state index in [0.29, 0.717) is 31.4 Å². The zero-order chi connectivity index (χ0) is 26.3. The number of rotatable bonds is 6. The average Bonchev–Trinajstić information content (AvgIpc) is 3.59. The molecule has 39 heavy (non-hydrogen) atoms. The van der Waals surface area contributed by atoms with Crippen LogP contribution in [0, 0.1) is 11.8 Å². The second-order valence-corrected chi connectivity index (χ2v) is 12.7. The summed E-state index contributed by atoms with van der Waals surface area (Å²) in [5.74, 6) is 1.60. The Hall–Kier alpha value is -3.03. The molecule has 3 heterocycles. The summed E-state index contributed by atoms with van der Waals surface area (Å²) < 4.78 is 6.69. The standard InChI is InChI=1S/C32H37N3O4/c36-25-11-9-23(34-27(38)12-8-20-16-33-22-4-2-1-3-21(20)22)31-32-13-14-35(17-18-5-6-18)24(29(25)32)15-19-7-10-26(37)30(39-31)28(19)32/h1-4,7,10,16,18,23-25,29,31,33,36-37H,5-6,8-9,11-15,17H2,(H,34,38)/t23-,24+,25-,29?,31-,32+/m0/s1. The number of nitrogens with one attached hydrogen (secondary N) is 2. The van der Waals surface area contributed by atoms with E-state index < -0.39 is 11.5 Å². The number of aromatic amines is 1. The van der Waals surface area contributed by atoms with E-state index in [4.69, 9.17) is 4.74 Å².